The summed E-state index contributed by atoms with van der Waals surface area (Å²) in [6.07, 6.45) is 6.64. The first-order valence-electron chi connectivity index (χ1n) is 8.60. The second-order valence-electron chi connectivity index (χ2n) is 7.98. The molecule has 2 nitrogen and oxygen atoms in total. The Morgan fingerprint density at radius 2 is 1.67 bits per heavy atom. The summed E-state index contributed by atoms with van der Waals surface area (Å²) in [5.74, 6) is 0.752. The van der Waals surface area contributed by atoms with Crippen LogP contribution in [0.2, 0.25) is 0 Å². The van der Waals surface area contributed by atoms with Crippen LogP contribution in [0.4, 0.5) is 0 Å². The molecule has 0 aromatic heterocycles. The van der Waals surface area contributed by atoms with E-state index in [0.29, 0.717) is 18.1 Å². The zero-order valence-electron chi connectivity index (χ0n) is 13.7. The predicted octanol–water partition coefficient (Wildman–Crippen LogP) is 3.83. The molecule has 2 saturated carbocycles. The van der Waals surface area contributed by atoms with E-state index in [2.05, 4.69) is 61.7 Å². The van der Waals surface area contributed by atoms with Crippen LogP contribution in [0.3, 0.4) is 0 Å². The molecule has 2 N–H and O–H groups in total. The number of rotatable bonds is 4. The van der Waals surface area contributed by atoms with E-state index in [1.54, 1.807) is 0 Å². The first-order valence-corrected chi connectivity index (χ1v) is 8.60. The first-order chi connectivity index (χ1) is 10.0. The van der Waals surface area contributed by atoms with Gasteiger partial charge in [0, 0.05) is 29.6 Å². The molecule has 1 aromatic rings. The molecule has 2 aliphatic carbocycles. The van der Waals surface area contributed by atoms with Gasteiger partial charge in [0.15, 0.2) is 0 Å². The molecule has 21 heavy (non-hydrogen) atoms. The Morgan fingerprint density at radius 3 is 2.38 bits per heavy atom. The van der Waals surface area contributed by atoms with Crippen molar-refractivity contribution in [2.45, 2.75) is 82.5 Å². The van der Waals surface area contributed by atoms with Crippen molar-refractivity contribution in [2.75, 3.05) is 0 Å². The highest BCUT2D eigenvalue weighted by Crippen LogP contribution is 2.41. The lowest BCUT2D eigenvalue weighted by Gasteiger charge is -2.35. The van der Waals surface area contributed by atoms with Gasteiger partial charge in [-0.2, -0.15) is 0 Å². The van der Waals surface area contributed by atoms with Crippen molar-refractivity contribution in [3.8, 4) is 0 Å². The second kappa shape index (κ2) is 6.10. The van der Waals surface area contributed by atoms with Gasteiger partial charge < -0.3 is 10.6 Å². The third-order valence-corrected chi connectivity index (χ3v) is 4.78. The number of nitrogens with one attached hydrogen (secondary N) is 2. The zero-order chi connectivity index (χ0) is 14.9. The molecule has 0 spiro atoms. The van der Waals surface area contributed by atoms with Crippen molar-refractivity contribution in [3.05, 3.63) is 35.9 Å². The van der Waals surface area contributed by atoms with E-state index in [1.807, 2.05) is 0 Å². The van der Waals surface area contributed by atoms with Gasteiger partial charge in [-0.15, -0.1) is 0 Å². The van der Waals surface area contributed by atoms with Crippen molar-refractivity contribution >= 4 is 0 Å². The Balaban J connectivity index is 1.48. The second-order valence-corrected chi connectivity index (χ2v) is 7.98. The van der Waals surface area contributed by atoms with E-state index in [-0.39, 0.29) is 5.54 Å². The fourth-order valence-electron chi connectivity index (χ4n) is 3.84. The topological polar surface area (TPSA) is 24.1 Å². The molecule has 116 valence electrons. The van der Waals surface area contributed by atoms with Crippen LogP contribution in [0, 0.1) is 0 Å². The molecule has 0 aliphatic heterocycles. The highest BCUT2D eigenvalue weighted by Gasteiger charge is 2.40. The van der Waals surface area contributed by atoms with Crippen LogP contribution in [0.1, 0.15) is 64.4 Å². The summed E-state index contributed by atoms with van der Waals surface area (Å²) >= 11 is 0. The van der Waals surface area contributed by atoms with Crippen molar-refractivity contribution in [1.82, 2.24) is 10.6 Å². The number of hydrogen-bond acceptors (Lipinski definition) is 2. The molecule has 2 aliphatic rings. The maximum Gasteiger partial charge on any atom is 0.0145 e. The van der Waals surface area contributed by atoms with Crippen LogP contribution in [-0.4, -0.2) is 23.7 Å². The van der Waals surface area contributed by atoms with Gasteiger partial charge in [-0.1, -0.05) is 36.8 Å². The average Bonchev–Trinajstić information content (AvgIpc) is 3.17. The minimum Gasteiger partial charge on any atom is -0.311 e. The maximum absolute atomic E-state index is 3.92. The van der Waals surface area contributed by atoms with Crippen molar-refractivity contribution in [1.29, 1.82) is 0 Å². The van der Waals surface area contributed by atoms with Gasteiger partial charge in [0.1, 0.15) is 0 Å². The van der Waals surface area contributed by atoms with Crippen LogP contribution < -0.4 is 10.6 Å². The lowest BCUT2D eigenvalue weighted by Crippen LogP contribution is -2.49. The summed E-state index contributed by atoms with van der Waals surface area (Å²) < 4.78 is 0. The molecule has 0 radical (unpaired) electrons. The Kier molecular flexibility index (Phi) is 4.37. The monoisotopic (exact) mass is 286 g/mol. The lowest BCUT2D eigenvalue weighted by molar-refractivity contribution is 0.255. The van der Waals surface area contributed by atoms with E-state index < -0.39 is 0 Å². The van der Waals surface area contributed by atoms with E-state index in [9.17, 15) is 0 Å². The van der Waals surface area contributed by atoms with E-state index in [1.165, 1.54) is 37.7 Å². The van der Waals surface area contributed by atoms with Crippen LogP contribution >= 0.6 is 0 Å². The van der Waals surface area contributed by atoms with Crippen molar-refractivity contribution in [3.63, 3.8) is 0 Å². The van der Waals surface area contributed by atoms with E-state index in [4.69, 9.17) is 0 Å². The molecule has 2 heteroatoms. The summed E-state index contributed by atoms with van der Waals surface area (Å²) in [7, 11) is 0. The first kappa shape index (κ1) is 15.1. The third-order valence-electron chi connectivity index (χ3n) is 4.78. The molecular weight excluding hydrogens is 256 g/mol. The molecular formula is C19H30N2. The molecule has 0 saturated heterocycles. The van der Waals surface area contributed by atoms with Gasteiger partial charge in [0.2, 0.25) is 0 Å². The minimum absolute atomic E-state index is 0.235. The Hall–Kier alpha value is -0.860. The predicted molar refractivity (Wildman–Crippen MR) is 89.7 cm³/mol. The number of hydrogen-bond donors (Lipinski definition) is 2. The molecule has 0 heterocycles. The third kappa shape index (κ3) is 4.31. The average molecular weight is 286 g/mol. The van der Waals surface area contributed by atoms with E-state index in [0.717, 1.165) is 5.92 Å². The van der Waals surface area contributed by atoms with Crippen LogP contribution in [-0.2, 0) is 0 Å². The van der Waals surface area contributed by atoms with Crippen molar-refractivity contribution in [2.24, 2.45) is 0 Å². The largest absolute Gasteiger partial charge is 0.311 e. The van der Waals surface area contributed by atoms with Crippen LogP contribution in [0.25, 0.3) is 0 Å². The Morgan fingerprint density at radius 1 is 0.952 bits per heavy atom. The van der Waals surface area contributed by atoms with E-state index >= 15 is 0 Å². The molecule has 4 atom stereocenters. The van der Waals surface area contributed by atoms with Gasteiger partial charge in [0.05, 0.1) is 0 Å². The van der Waals surface area contributed by atoms with Gasteiger partial charge >= 0.3 is 0 Å². The van der Waals surface area contributed by atoms with Crippen LogP contribution in [0.5, 0.6) is 0 Å². The summed E-state index contributed by atoms with van der Waals surface area (Å²) in [6.45, 7) is 6.82. The highest BCUT2D eigenvalue weighted by atomic mass is 15.0. The summed E-state index contributed by atoms with van der Waals surface area (Å²) in [4.78, 5) is 0. The molecule has 0 bridgehead atoms. The smallest absolute Gasteiger partial charge is 0.0145 e. The molecule has 4 unspecified atom stereocenters. The summed E-state index contributed by atoms with van der Waals surface area (Å²) in [5, 5.41) is 7.70. The minimum atomic E-state index is 0.235. The quantitative estimate of drug-likeness (QED) is 0.879. The SMILES string of the molecule is CC(C)(C)NC1CCCC(NC2CC2c2ccccc2)C1. The fraction of sp³-hybridized carbons (Fsp3) is 0.684. The van der Waals surface area contributed by atoms with Gasteiger partial charge in [-0.05, 0) is 52.0 Å². The Labute approximate surface area is 129 Å². The van der Waals surface area contributed by atoms with Gasteiger partial charge in [0.25, 0.3) is 0 Å². The zero-order valence-corrected chi connectivity index (χ0v) is 13.7. The summed E-state index contributed by atoms with van der Waals surface area (Å²) in [6, 6.07) is 13.1. The van der Waals surface area contributed by atoms with Gasteiger partial charge in [-0.25, -0.2) is 0 Å². The molecule has 2 fully saturated rings. The normalized spacial score (nSPS) is 32.9. The summed E-state index contributed by atoms with van der Waals surface area (Å²) in [5.41, 5.74) is 1.74. The number of benzene rings is 1. The Bertz CT molecular complexity index is 448. The highest BCUT2D eigenvalue weighted by molar-refractivity contribution is 5.27. The lowest BCUT2D eigenvalue weighted by atomic mass is 9.89. The molecule has 0 amide bonds. The molecule has 1 aromatic carbocycles. The molecule has 3 rings (SSSR count). The standard InChI is InChI=1S/C19H30N2/c1-19(2,3)21-16-11-7-10-15(12-16)20-18-13-17(18)14-8-5-4-6-9-14/h4-6,8-9,15-18,20-21H,7,10-13H2,1-3H3. The maximum atomic E-state index is 3.92. The van der Waals surface area contributed by atoms with Crippen molar-refractivity contribution < 1.29 is 0 Å². The van der Waals surface area contributed by atoms with Gasteiger partial charge in [-0.3, -0.25) is 0 Å². The fourth-order valence-corrected chi connectivity index (χ4v) is 3.84. The van der Waals surface area contributed by atoms with Crippen LogP contribution in [0.15, 0.2) is 30.3 Å².